The molecule has 2 aliphatic rings. The Balaban J connectivity index is 1.40. The summed E-state index contributed by atoms with van der Waals surface area (Å²) in [7, 11) is 0. The van der Waals surface area contributed by atoms with Gasteiger partial charge >= 0.3 is 0 Å². The average Bonchev–Trinajstić information content (AvgIpc) is 3.55. The predicted molar refractivity (Wildman–Crippen MR) is 131 cm³/mol. The third-order valence-electron chi connectivity index (χ3n) is 7.82. The largest absolute Gasteiger partial charge is 0.437 e. The molecule has 3 heteroatoms. The number of hydrogen-bond acceptors (Lipinski definition) is 3. The van der Waals surface area contributed by atoms with E-state index in [-0.39, 0.29) is 0 Å². The number of furan rings is 1. The van der Waals surface area contributed by atoms with Gasteiger partial charge in [-0.25, -0.2) is 4.98 Å². The number of rotatable bonds is 5. The lowest BCUT2D eigenvalue weighted by Gasteiger charge is -2.10. The normalized spacial score (nSPS) is 17.8. The first-order valence-corrected chi connectivity index (χ1v) is 12.5. The third-order valence-corrected chi connectivity index (χ3v) is 7.82. The molecule has 0 N–H and O–H groups in total. The van der Waals surface area contributed by atoms with Gasteiger partial charge in [0.1, 0.15) is 5.58 Å². The molecule has 0 atom stereocenters. The lowest BCUT2D eigenvalue weighted by Crippen LogP contribution is -2.00. The fourth-order valence-electron chi connectivity index (χ4n) is 6.09. The molecule has 2 saturated carbocycles. The maximum absolute atomic E-state index is 6.45. The van der Waals surface area contributed by atoms with Crippen molar-refractivity contribution >= 4 is 22.1 Å². The summed E-state index contributed by atoms with van der Waals surface area (Å²) in [5.74, 6) is 1.62. The van der Waals surface area contributed by atoms with E-state index in [1.54, 1.807) is 0 Å². The molecule has 0 aliphatic heterocycles. The van der Waals surface area contributed by atoms with Crippen molar-refractivity contribution in [2.24, 2.45) is 11.8 Å². The molecule has 0 radical (unpaired) electrons. The molecular weight excluding hydrogens is 392 g/mol. The molecule has 0 spiro atoms. The van der Waals surface area contributed by atoms with Gasteiger partial charge in [-0.3, -0.25) is 4.98 Å². The molecule has 6 rings (SSSR count). The smallest absolute Gasteiger partial charge is 0.227 e. The standard InChI is InChI=1S/C29H32N2O/c1-19-10-12-24(26-18-22(14-15-30-26)16-20-6-2-3-7-20)28-27(19)25-13-11-23(31-29(25)32-28)17-21-8-4-5-9-21/h10-15,18,20-21H,2-9,16-17H2,1H3. The van der Waals surface area contributed by atoms with Gasteiger partial charge in [0, 0.05) is 28.2 Å². The first-order valence-electron chi connectivity index (χ1n) is 12.5. The Hall–Kier alpha value is -2.68. The van der Waals surface area contributed by atoms with Crippen molar-refractivity contribution in [3.63, 3.8) is 0 Å². The second-order valence-corrected chi connectivity index (χ2v) is 10.2. The Morgan fingerprint density at radius 1 is 0.875 bits per heavy atom. The monoisotopic (exact) mass is 424 g/mol. The fourth-order valence-corrected chi connectivity index (χ4v) is 6.09. The van der Waals surface area contributed by atoms with E-state index in [1.165, 1.54) is 73.6 Å². The number of fused-ring (bicyclic) bond motifs is 3. The zero-order chi connectivity index (χ0) is 21.5. The summed E-state index contributed by atoms with van der Waals surface area (Å²) in [5, 5.41) is 2.30. The minimum absolute atomic E-state index is 0.771. The third kappa shape index (κ3) is 3.72. The maximum atomic E-state index is 6.45. The first-order chi connectivity index (χ1) is 15.7. The van der Waals surface area contributed by atoms with E-state index in [1.807, 2.05) is 6.20 Å². The number of nitrogens with zero attached hydrogens (tertiary/aromatic N) is 2. The molecule has 3 nitrogen and oxygen atoms in total. The van der Waals surface area contributed by atoms with Crippen molar-refractivity contribution in [2.45, 2.75) is 71.1 Å². The van der Waals surface area contributed by atoms with Crippen LogP contribution in [-0.2, 0) is 12.8 Å². The van der Waals surface area contributed by atoms with E-state index >= 15 is 0 Å². The SMILES string of the molecule is Cc1ccc(-c2cc(CC3CCCC3)ccn2)c2oc3nc(CC4CCCC4)ccc3c12. The first kappa shape index (κ1) is 20.0. The minimum Gasteiger partial charge on any atom is -0.437 e. The molecule has 2 fully saturated rings. The molecule has 2 aliphatic carbocycles. The summed E-state index contributed by atoms with van der Waals surface area (Å²) >= 11 is 0. The summed E-state index contributed by atoms with van der Waals surface area (Å²) in [6.07, 6.45) is 15.1. The quantitative estimate of drug-likeness (QED) is 0.328. The Labute approximate surface area is 190 Å². The van der Waals surface area contributed by atoms with E-state index in [2.05, 4.69) is 43.3 Å². The second-order valence-electron chi connectivity index (χ2n) is 10.2. The van der Waals surface area contributed by atoms with Crippen LogP contribution in [-0.4, -0.2) is 9.97 Å². The molecule has 164 valence electrons. The Kier molecular flexibility index (Phi) is 5.21. The van der Waals surface area contributed by atoms with Crippen molar-refractivity contribution < 1.29 is 4.42 Å². The van der Waals surface area contributed by atoms with Crippen molar-refractivity contribution in [2.75, 3.05) is 0 Å². The molecule has 0 unspecified atom stereocenters. The van der Waals surface area contributed by atoms with Crippen LogP contribution in [0.1, 0.15) is 68.2 Å². The van der Waals surface area contributed by atoms with E-state index < -0.39 is 0 Å². The van der Waals surface area contributed by atoms with Crippen molar-refractivity contribution in [3.8, 4) is 11.3 Å². The predicted octanol–water partition coefficient (Wildman–Crippen LogP) is 7.82. The zero-order valence-electron chi connectivity index (χ0n) is 19.1. The van der Waals surface area contributed by atoms with E-state index in [9.17, 15) is 0 Å². The molecule has 3 aromatic heterocycles. The Bertz CT molecular complexity index is 1260. The number of hydrogen-bond donors (Lipinski definition) is 0. The maximum Gasteiger partial charge on any atom is 0.227 e. The Morgan fingerprint density at radius 3 is 2.41 bits per heavy atom. The molecule has 32 heavy (non-hydrogen) atoms. The molecular formula is C29H32N2O. The highest BCUT2D eigenvalue weighted by Gasteiger charge is 2.20. The van der Waals surface area contributed by atoms with Crippen molar-refractivity contribution in [3.05, 3.63) is 59.4 Å². The summed E-state index contributed by atoms with van der Waals surface area (Å²) in [5.41, 5.74) is 7.58. The van der Waals surface area contributed by atoms with E-state index in [0.29, 0.717) is 0 Å². The summed E-state index contributed by atoms with van der Waals surface area (Å²) in [6, 6.07) is 13.3. The van der Waals surface area contributed by atoms with Crippen LogP contribution < -0.4 is 0 Å². The lowest BCUT2D eigenvalue weighted by molar-refractivity contribution is 0.537. The van der Waals surface area contributed by atoms with Gasteiger partial charge in [-0.1, -0.05) is 57.4 Å². The highest BCUT2D eigenvalue weighted by Crippen LogP contribution is 2.38. The van der Waals surface area contributed by atoms with Gasteiger partial charge in [-0.05, 0) is 73.1 Å². The van der Waals surface area contributed by atoms with Gasteiger partial charge in [0.2, 0.25) is 5.71 Å². The molecule has 3 heterocycles. The van der Waals surface area contributed by atoms with Gasteiger partial charge < -0.3 is 4.42 Å². The molecule has 4 aromatic rings. The lowest BCUT2D eigenvalue weighted by atomic mass is 9.96. The summed E-state index contributed by atoms with van der Waals surface area (Å²) in [6.45, 7) is 2.16. The van der Waals surface area contributed by atoms with Crippen LogP contribution in [0.15, 0.2) is 47.0 Å². The summed E-state index contributed by atoms with van der Waals surface area (Å²) in [4.78, 5) is 9.69. The van der Waals surface area contributed by atoms with Crippen LogP contribution in [0.25, 0.3) is 33.3 Å². The Morgan fingerprint density at radius 2 is 1.62 bits per heavy atom. The second kappa shape index (κ2) is 8.35. The van der Waals surface area contributed by atoms with Gasteiger partial charge in [-0.2, -0.15) is 0 Å². The number of aromatic nitrogens is 2. The van der Waals surface area contributed by atoms with Crippen LogP contribution in [0.3, 0.4) is 0 Å². The number of aryl methyl sites for hydroxylation is 1. The van der Waals surface area contributed by atoms with Crippen molar-refractivity contribution in [1.82, 2.24) is 9.97 Å². The van der Waals surface area contributed by atoms with E-state index in [0.717, 1.165) is 52.6 Å². The van der Waals surface area contributed by atoms with Crippen molar-refractivity contribution in [1.29, 1.82) is 0 Å². The van der Waals surface area contributed by atoms with Crippen LogP contribution in [0.4, 0.5) is 0 Å². The van der Waals surface area contributed by atoms with E-state index in [4.69, 9.17) is 14.4 Å². The zero-order valence-corrected chi connectivity index (χ0v) is 19.1. The number of pyridine rings is 2. The molecule has 0 amide bonds. The van der Waals surface area contributed by atoms with Gasteiger partial charge in [0.25, 0.3) is 0 Å². The molecule has 0 saturated heterocycles. The number of benzene rings is 1. The fraction of sp³-hybridized carbons (Fsp3) is 0.448. The molecule has 1 aromatic carbocycles. The van der Waals surface area contributed by atoms with Gasteiger partial charge in [0.05, 0.1) is 5.69 Å². The van der Waals surface area contributed by atoms with Crippen LogP contribution in [0.2, 0.25) is 0 Å². The molecule has 0 bridgehead atoms. The highest BCUT2D eigenvalue weighted by molar-refractivity contribution is 6.10. The van der Waals surface area contributed by atoms with Gasteiger partial charge in [-0.15, -0.1) is 0 Å². The minimum atomic E-state index is 0.771. The topological polar surface area (TPSA) is 38.9 Å². The van der Waals surface area contributed by atoms with Gasteiger partial charge in [0.15, 0.2) is 0 Å². The average molecular weight is 425 g/mol. The highest BCUT2D eigenvalue weighted by atomic mass is 16.3. The summed E-state index contributed by atoms with van der Waals surface area (Å²) < 4.78 is 6.45. The van der Waals surface area contributed by atoms with Crippen LogP contribution in [0.5, 0.6) is 0 Å². The van der Waals surface area contributed by atoms with Crippen LogP contribution in [0, 0.1) is 18.8 Å². The van der Waals surface area contributed by atoms with Crippen LogP contribution >= 0.6 is 0 Å².